The van der Waals surface area contributed by atoms with Crippen molar-refractivity contribution in [3.8, 4) is 0 Å². The third kappa shape index (κ3) is 7.33. The molecule has 4 heterocycles. The largest absolute Gasteiger partial charge is 0.367 e. The highest BCUT2D eigenvalue weighted by Crippen LogP contribution is 2.30. The Morgan fingerprint density at radius 3 is 1.76 bits per heavy atom. The number of nitrogens with zero attached hydrogens (tertiary/aromatic N) is 4. The van der Waals surface area contributed by atoms with Crippen LogP contribution in [0.2, 0.25) is 0 Å². The number of aromatic nitrogens is 4. The summed E-state index contributed by atoms with van der Waals surface area (Å²) in [6.45, 7) is 4.00. The number of nitrogens with one attached hydrogen (secondary N) is 6. The number of anilines is 8. The Bertz CT molecular complexity index is 1800. The van der Waals surface area contributed by atoms with Gasteiger partial charge in [0.05, 0.1) is 0 Å². The van der Waals surface area contributed by atoms with Crippen molar-refractivity contribution in [1.82, 2.24) is 19.9 Å². The second-order valence-corrected chi connectivity index (χ2v) is 12.4. The predicted molar refractivity (Wildman–Crippen MR) is 180 cm³/mol. The molecule has 2 aromatic carbocycles. The van der Waals surface area contributed by atoms with E-state index >= 15 is 0 Å². The number of rotatable bonds is 8. The van der Waals surface area contributed by atoms with Crippen LogP contribution in [0.4, 0.5) is 46.3 Å². The standard InChI is InChI=1S/2C17H19N5O/c1-10-9-18-17(20-12-3-4-12)22-16(10)19-13-5-6-14-11(8-13)2-7-15(23)21-14;1-10-9-18-17(22-16(10)19-12-3-4-12)20-13-5-6-14-11(8-13)2-7-15(23)21-14/h2*5-6,8-9,12H,2-4,7H2,1H3,(H,21,23)(H2,18,19,20,22). The molecule has 4 aliphatic rings. The van der Waals surface area contributed by atoms with Crippen molar-refractivity contribution in [1.29, 1.82) is 0 Å². The number of fused-ring (bicyclic) bond motifs is 2. The minimum atomic E-state index is 0.0795. The molecule has 46 heavy (non-hydrogen) atoms. The molecule has 6 N–H and O–H groups in total. The van der Waals surface area contributed by atoms with E-state index in [0.29, 0.717) is 36.8 Å². The zero-order chi connectivity index (χ0) is 31.6. The average molecular weight is 619 g/mol. The molecule has 236 valence electrons. The SMILES string of the molecule is Cc1cnc(NC2CC2)nc1Nc1ccc2c(c1)CCC(=O)N2.Cc1cnc(Nc2ccc3c(c2)CCC(=O)N3)nc1NC1CC1. The molecule has 0 spiro atoms. The first kappa shape index (κ1) is 29.5. The highest BCUT2D eigenvalue weighted by Gasteiger charge is 2.23. The van der Waals surface area contributed by atoms with Crippen LogP contribution < -0.4 is 31.9 Å². The average Bonchev–Trinajstić information content (AvgIpc) is 3.99. The lowest BCUT2D eigenvalue weighted by Gasteiger charge is -2.18. The number of carbonyl (C=O) groups excluding carboxylic acids is 2. The molecule has 0 atom stereocenters. The van der Waals surface area contributed by atoms with E-state index in [1.165, 1.54) is 25.7 Å². The van der Waals surface area contributed by atoms with E-state index < -0.39 is 0 Å². The lowest BCUT2D eigenvalue weighted by molar-refractivity contribution is -0.117. The zero-order valence-corrected chi connectivity index (χ0v) is 26.0. The summed E-state index contributed by atoms with van der Waals surface area (Å²) in [5, 5.41) is 19.1. The van der Waals surface area contributed by atoms with E-state index in [4.69, 9.17) is 0 Å². The quantitative estimate of drug-likeness (QED) is 0.139. The van der Waals surface area contributed by atoms with Crippen molar-refractivity contribution in [2.45, 2.75) is 77.3 Å². The number of hydrogen-bond acceptors (Lipinski definition) is 10. The Hall–Kier alpha value is -5.26. The van der Waals surface area contributed by atoms with Gasteiger partial charge in [-0.05, 0) is 99.9 Å². The van der Waals surface area contributed by atoms with E-state index in [1.54, 1.807) is 0 Å². The molecule has 12 nitrogen and oxygen atoms in total. The highest BCUT2D eigenvalue weighted by molar-refractivity contribution is 5.95. The van der Waals surface area contributed by atoms with Crippen molar-refractivity contribution in [3.05, 3.63) is 71.0 Å². The van der Waals surface area contributed by atoms with Crippen molar-refractivity contribution >= 4 is 58.1 Å². The van der Waals surface area contributed by atoms with Gasteiger partial charge in [-0.2, -0.15) is 9.97 Å². The Labute approximate surface area is 267 Å². The molecule has 8 rings (SSSR count). The van der Waals surface area contributed by atoms with Crippen LogP contribution in [0.3, 0.4) is 0 Å². The molecule has 2 fully saturated rings. The summed E-state index contributed by atoms with van der Waals surface area (Å²) >= 11 is 0. The van der Waals surface area contributed by atoms with Gasteiger partial charge in [0.25, 0.3) is 0 Å². The van der Waals surface area contributed by atoms with Crippen LogP contribution in [0.25, 0.3) is 0 Å². The summed E-state index contributed by atoms with van der Waals surface area (Å²) in [5.41, 5.74) is 8.04. The van der Waals surface area contributed by atoms with Gasteiger partial charge >= 0.3 is 0 Å². The number of aryl methyl sites for hydroxylation is 4. The molecular weight excluding hydrogens is 580 g/mol. The van der Waals surface area contributed by atoms with Crippen LogP contribution in [0.15, 0.2) is 48.8 Å². The van der Waals surface area contributed by atoms with Crippen LogP contribution in [0, 0.1) is 13.8 Å². The summed E-state index contributed by atoms with van der Waals surface area (Å²) in [4.78, 5) is 40.7. The summed E-state index contributed by atoms with van der Waals surface area (Å²) in [7, 11) is 0. The van der Waals surface area contributed by atoms with E-state index in [0.717, 1.165) is 69.5 Å². The first-order valence-corrected chi connectivity index (χ1v) is 15.9. The van der Waals surface area contributed by atoms with Crippen molar-refractivity contribution in [3.63, 3.8) is 0 Å². The summed E-state index contributed by atoms with van der Waals surface area (Å²) in [5.74, 6) is 3.12. The van der Waals surface area contributed by atoms with Crippen LogP contribution in [0.5, 0.6) is 0 Å². The molecule has 12 heteroatoms. The molecule has 0 unspecified atom stereocenters. The van der Waals surface area contributed by atoms with Crippen molar-refractivity contribution in [2.24, 2.45) is 0 Å². The fourth-order valence-corrected chi connectivity index (χ4v) is 5.31. The molecule has 0 bridgehead atoms. The van der Waals surface area contributed by atoms with Crippen LogP contribution in [-0.2, 0) is 22.4 Å². The number of carbonyl (C=O) groups is 2. The van der Waals surface area contributed by atoms with Crippen molar-refractivity contribution < 1.29 is 9.59 Å². The Kier molecular flexibility index (Phi) is 8.08. The minimum Gasteiger partial charge on any atom is -0.367 e. The molecule has 2 aliphatic heterocycles. The maximum absolute atomic E-state index is 11.4. The monoisotopic (exact) mass is 618 g/mol. The number of hydrogen-bond donors (Lipinski definition) is 6. The van der Waals surface area contributed by atoms with Gasteiger partial charge in [-0.15, -0.1) is 0 Å². The maximum atomic E-state index is 11.4. The summed E-state index contributed by atoms with van der Waals surface area (Å²) in [6.07, 6.45) is 11.1. The number of benzene rings is 2. The molecule has 2 aromatic heterocycles. The van der Waals surface area contributed by atoms with E-state index in [1.807, 2.05) is 56.6 Å². The Balaban J connectivity index is 0.000000147. The lowest BCUT2D eigenvalue weighted by atomic mass is 10.0. The Morgan fingerprint density at radius 2 is 1.15 bits per heavy atom. The second kappa shape index (κ2) is 12.6. The second-order valence-electron chi connectivity index (χ2n) is 12.4. The van der Waals surface area contributed by atoms with Gasteiger partial charge in [0.15, 0.2) is 0 Å². The summed E-state index contributed by atoms with van der Waals surface area (Å²) < 4.78 is 0. The van der Waals surface area contributed by atoms with Crippen LogP contribution >= 0.6 is 0 Å². The van der Waals surface area contributed by atoms with E-state index in [2.05, 4.69) is 57.9 Å². The predicted octanol–water partition coefficient (Wildman–Crippen LogP) is 5.98. The van der Waals surface area contributed by atoms with Gasteiger partial charge in [-0.25, -0.2) is 9.97 Å². The summed E-state index contributed by atoms with van der Waals surface area (Å²) in [6, 6.07) is 13.0. The first-order chi connectivity index (χ1) is 22.3. The molecule has 0 saturated heterocycles. The fourth-order valence-electron chi connectivity index (χ4n) is 5.31. The number of amides is 2. The smallest absolute Gasteiger partial charge is 0.229 e. The van der Waals surface area contributed by atoms with Crippen LogP contribution in [-0.4, -0.2) is 43.8 Å². The maximum Gasteiger partial charge on any atom is 0.229 e. The highest BCUT2D eigenvalue weighted by atomic mass is 16.2. The van der Waals surface area contributed by atoms with Gasteiger partial charge < -0.3 is 31.9 Å². The molecular formula is C34H38N10O2. The van der Waals surface area contributed by atoms with Gasteiger partial charge in [-0.3, -0.25) is 9.59 Å². The normalized spacial score (nSPS) is 16.5. The van der Waals surface area contributed by atoms with Gasteiger partial charge in [0, 0.05) is 71.2 Å². The van der Waals surface area contributed by atoms with Gasteiger partial charge in [0.1, 0.15) is 11.6 Å². The molecule has 2 aliphatic carbocycles. The Morgan fingerprint density at radius 1 is 0.630 bits per heavy atom. The molecule has 2 amide bonds. The first-order valence-electron chi connectivity index (χ1n) is 15.9. The zero-order valence-electron chi connectivity index (χ0n) is 26.0. The third-order valence-corrected chi connectivity index (χ3v) is 8.29. The van der Waals surface area contributed by atoms with Gasteiger partial charge in [0.2, 0.25) is 23.7 Å². The molecule has 2 saturated carbocycles. The van der Waals surface area contributed by atoms with Crippen LogP contribution in [0.1, 0.15) is 60.8 Å². The third-order valence-electron chi connectivity index (χ3n) is 8.29. The lowest BCUT2D eigenvalue weighted by Crippen LogP contribution is -2.18. The van der Waals surface area contributed by atoms with E-state index in [9.17, 15) is 9.59 Å². The fraction of sp³-hybridized carbons (Fsp3) is 0.353. The van der Waals surface area contributed by atoms with Gasteiger partial charge in [-0.1, -0.05) is 0 Å². The molecule has 4 aromatic rings. The molecule has 0 radical (unpaired) electrons. The minimum absolute atomic E-state index is 0.0795. The van der Waals surface area contributed by atoms with Crippen molar-refractivity contribution in [2.75, 3.05) is 31.9 Å². The van der Waals surface area contributed by atoms with E-state index in [-0.39, 0.29) is 11.8 Å². The topological polar surface area (TPSA) is 158 Å².